The van der Waals surface area contributed by atoms with Gasteiger partial charge in [-0.25, -0.2) is 0 Å². The second-order valence-corrected chi connectivity index (χ2v) is 3.88. The average molecular weight is 169 g/mol. The molecule has 2 rings (SSSR count). The van der Waals surface area contributed by atoms with Gasteiger partial charge >= 0.3 is 0 Å². The van der Waals surface area contributed by atoms with Crippen LogP contribution < -0.4 is 5.32 Å². The molecule has 0 radical (unpaired) electrons. The topological polar surface area (TPSA) is 18.5 Å². The zero-order chi connectivity index (χ0) is 8.39. The number of nitrogens with one attached hydrogen (secondary N) is 1. The van der Waals surface area contributed by atoms with Crippen LogP contribution in [0.2, 0.25) is 0 Å². The summed E-state index contributed by atoms with van der Waals surface area (Å²) in [6, 6.07) is 0.868. The normalized spacial score (nSPS) is 35.8. The fourth-order valence-corrected chi connectivity index (χ4v) is 2.32. The van der Waals surface area contributed by atoms with Gasteiger partial charge in [0.2, 0.25) is 0 Å². The highest BCUT2D eigenvalue weighted by Crippen LogP contribution is 2.19. The molecule has 12 heavy (non-hydrogen) atoms. The van der Waals surface area contributed by atoms with Crippen molar-refractivity contribution in [3.8, 4) is 0 Å². The summed E-state index contributed by atoms with van der Waals surface area (Å²) in [5.74, 6) is 0. The van der Waals surface area contributed by atoms with Crippen molar-refractivity contribution >= 4 is 0 Å². The van der Waals surface area contributed by atoms with Crippen LogP contribution >= 0.6 is 0 Å². The molecule has 2 aliphatic heterocycles. The quantitative estimate of drug-likeness (QED) is 0.620. The lowest BCUT2D eigenvalue weighted by Gasteiger charge is -2.34. The molecule has 0 aliphatic carbocycles. The van der Waals surface area contributed by atoms with E-state index in [1.807, 2.05) is 7.05 Å². The smallest absolute Gasteiger partial charge is 0.0236 e. The van der Waals surface area contributed by atoms with Crippen molar-refractivity contribution in [2.45, 2.75) is 12.5 Å². The second-order valence-electron chi connectivity index (χ2n) is 3.88. The van der Waals surface area contributed by atoms with Gasteiger partial charge in [0.25, 0.3) is 0 Å². The van der Waals surface area contributed by atoms with Gasteiger partial charge in [0.1, 0.15) is 0 Å². The Bertz CT molecular complexity index is 149. The maximum atomic E-state index is 3.22. The van der Waals surface area contributed by atoms with Gasteiger partial charge in [-0.3, -0.25) is 4.90 Å². The lowest BCUT2D eigenvalue weighted by Crippen LogP contribution is -2.48. The van der Waals surface area contributed by atoms with Crippen molar-refractivity contribution in [3.63, 3.8) is 0 Å². The average Bonchev–Trinajstić information content (AvgIpc) is 2.48. The second kappa shape index (κ2) is 3.73. The summed E-state index contributed by atoms with van der Waals surface area (Å²) in [5.41, 5.74) is 0. The summed E-state index contributed by atoms with van der Waals surface area (Å²) < 4.78 is 0. The number of nitrogens with zero attached hydrogens (tertiary/aromatic N) is 2. The van der Waals surface area contributed by atoms with Crippen molar-refractivity contribution in [1.82, 2.24) is 15.1 Å². The molecule has 70 valence electrons. The Morgan fingerprint density at radius 2 is 2.25 bits per heavy atom. The molecule has 3 heteroatoms. The molecular formula is C9H19N3. The highest BCUT2D eigenvalue weighted by Gasteiger charge is 2.31. The van der Waals surface area contributed by atoms with Gasteiger partial charge in [0.15, 0.2) is 0 Å². The molecule has 0 aromatic rings. The first-order valence-electron chi connectivity index (χ1n) is 5.01. The van der Waals surface area contributed by atoms with Crippen LogP contribution in [-0.2, 0) is 0 Å². The van der Waals surface area contributed by atoms with Gasteiger partial charge in [-0.1, -0.05) is 0 Å². The van der Waals surface area contributed by atoms with E-state index < -0.39 is 0 Å². The summed E-state index contributed by atoms with van der Waals surface area (Å²) in [4.78, 5) is 5.22. The largest absolute Gasteiger partial charge is 0.318 e. The van der Waals surface area contributed by atoms with Crippen LogP contribution in [0, 0.1) is 0 Å². The summed E-state index contributed by atoms with van der Waals surface area (Å²) >= 11 is 0. The molecule has 0 spiro atoms. The first kappa shape index (κ1) is 8.48. The van der Waals surface area contributed by atoms with Gasteiger partial charge in [0.05, 0.1) is 0 Å². The fourth-order valence-electron chi connectivity index (χ4n) is 2.32. The minimum Gasteiger partial charge on any atom is -0.318 e. The van der Waals surface area contributed by atoms with Crippen LogP contribution in [0.1, 0.15) is 6.42 Å². The van der Waals surface area contributed by atoms with Gasteiger partial charge < -0.3 is 10.2 Å². The molecular weight excluding hydrogens is 150 g/mol. The third-order valence-electron chi connectivity index (χ3n) is 3.12. The van der Waals surface area contributed by atoms with Gasteiger partial charge in [-0.15, -0.1) is 0 Å². The van der Waals surface area contributed by atoms with Crippen LogP contribution in [-0.4, -0.2) is 62.2 Å². The third-order valence-corrected chi connectivity index (χ3v) is 3.12. The number of fused-ring (bicyclic) bond motifs is 2. The molecule has 2 fully saturated rings. The van der Waals surface area contributed by atoms with Crippen molar-refractivity contribution in [3.05, 3.63) is 0 Å². The third kappa shape index (κ3) is 1.63. The predicted octanol–water partition coefficient (Wildman–Crippen LogP) is -0.404. The van der Waals surface area contributed by atoms with E-state index in [9.17, 15) is 0 Å². The van der Waals surface area contributed by atoms with Crippen LogP contribution in [0.15, 0.2) is 0 Å². The van der Waals surface area contributed by atoms with Crippen LogP contribution in [0.3, 0.4) is 0 Å². The van der Waals surface area contributed by atoms with Crippen LogP contribution in [0.5, 0.6) is 0 Å². The van der Waals surface area contributed by atoms with Crippen LogP contribution in [0.4, 0.5) is 0 Å². The van der Waals surface area contributed by atoms with Crippen molar-refractivity contribution < 1.29 is 0 Å². The predicted molar refractivity (Wildman–Crippen MR) is 50.3 cm³/mol. The highest BCUT2D eigenvalue weighted by molar-refractivity contribution is 4.88. The molecule has 2 bridgehead atoms. The number of likely N-dealkylation sites (N-methyl/N-ethyl adjacent to an activating group) is 1. The minimum absolute atomic E-state index is 0.868. The number of piperazine rings is 1. The number of hydrogen-bond acceptors (Lipinski definition) is 3. The van der Waals surface area contributed by atoms with E-state index in [2.05, 4.69) is 15.1 Å². The van der Waals surface area contributed by atoms with E-state index >= 15 is 0 Å². The Labute approximate surface area is 74.7 Å². The van der Waals surface area contributed by atoms with E-state index in [1.54, 1.807) is 0 Å². The van der Waals surface area contributed by atoms with Crippen molar-refractivity contribution in [1.29, 1.82) is 0 Å². The first-order chi connectivity index (χ1) is 5.90. The van der Waals surface area contributed by atoms with E-state index in [0.29, 0.717) is 0 Å². The molecule has 0 aromatic heterocycles. The van der Waals surface area contributed by atoms with Crippen molar-refractivity contribution in [2.75, 3.05) is 46.3 Å². The number of hydrogen-bond donors (Lipinski definition) is 1. The van der Waals surface area contributed by atoms with E-state index in [4.69, 9.17) is 0 Å². The first-order valence-corrected chi connectivity index (χ1v) is 5.01. The van der Waals surface area contributed by atoms with E-state index in [-0.39, 0.29) is 0 Å². The molecule has 2 atom stereocenters. The van der Waals surface area contributed by atoms with E-state index in [0.717, 1.165) is 12.6 Å². The van der Waals surface area contributed by atoms with Crippen LogP contribution in [0.25, 0.3) is 0 Å². The lowest BCUT2D eigenvalue weighted by atomic mass is 10.2. The zero-order valence-electron chi connectivity index (χ0n) is 7.92. The minimum atomic E-state index is 0.868. The fraction of sp³-hybridized carbons (Fsp3) is 1.00. The SMILES string of the molecule is CNCCN1CCN2CCC1C2. The van der Waals surface area contributed by atoms with Crippen molar-refractivity contribution in [2.24, 2.45) is 0 Å². The summed E-state index contributed by atoms with van der Waals surface area (Å²) in [5, 5.41) is 3.22. The van der Waals surface area contributed by atoms with Gasteiger partial charge in [0, 0.05) is 38.8 Å². The molecule has 0 aromatic carbocycles. The molecule has 0 amide bonds. The Morgan fingerprint density at radius 3 is 3.08 bits per heavy atom. The van der Waals surface area contributed by atoms with E-state index in [1.165, 1.54) is 39.1 Å². The number of rotatable bonds is 3. The Balaban J connectivity index is 1.81. The zero-order valence-corrected chi connectivity index (χ0v) is 7.92. The Hall–Kier alpha value is -0.120. The molecule has 1 N–H and O–H groups in total. The highest BCUT2D eigenvalue weighted by atomic mass is 15.3. The molecule has 3 nitrogen and oxygen atoms in total. The summed E-state index contributed by atoms with van der Waals surface area (Å²) in [6.07, 6.45) is 1.39. The van der Waals surface area contributed by atoms with Gasteiger partial charge in [-0.05, 0) is 20.0 Å². The molecule has 2 aliphatic rings. The molecule has 2 saturated heterocycles. The maximum Gasteiger partial charge on any atom is 0.0236 e. The molecule has 2 heterocycles. The maximum absolute atomic E-state index is 3.22. The standard InChI is InChI=1S/C9H19N3/c1-10-3-5-12-7-6-11-4-2-9(12)8-11/h9-10H,2-8H2,1H3. The Morgan fingerprint density at radius 1 is 1.33 bits per heavy atom. The summed E-state index contributed by atoms with van der Waals surface area (Å²) in [6.45, 7) is 7.60. The molecule has 0 saturated carbocycles. The summed E-state index contributed by atoms with van der Waals surface area (Å²) in [7, 11) is 2.03. The monoisotopic (exact) mass is 169 g/mol. The lowest BCUT2D eigenvalue weighted by molar-refractivity contribution is 0.137. The Kier molecular flexibility index (Phi) is 2.63. The van der Waals surface area contributed by atoms with Gasteiger partial charge in [-0.2, -0.15) is 0 Å². The molecule has 2 unspecified atom stereocenters.